The fraction of sp³-hybridized carbons (Fsp3) is 0.429. The number of nitrogens with one attached hydrogen (secondary N) is 2. The number of rotatable bonds is 6. The van der Waals surface area contributed by atoms with Crippen LogP contribution >= 0.6 is 35.6 Å². The molecule has 1 aromatic carbocycles. The van der Waals surface area contributed by atoms with E-state index in [0.717, 1.165) is 54.2 Å². The van der Waals surface area contributed by atoms with Crippen LogP contribution < -0.4 is 15.5 Å². The van der Waals surface area contributed by atoms with Crippen molar-refractivity contribution < 1.29 is 4.74 Å². The summed E-state index contributed by atoms with van der Waals surface area (Å²) in [6.07, 6.45) is 2.08. The van der Waals surface area contributed by atoms with Gasteiger partial charge in [0.15, 0.2) is 5.96 Å². The van der Waals surface area contributed by atoms with Gasteiger partial charge in [-0.05, 0) is 43.2 Å². The first-order chi connectivity index (χ1) is 13.7. The van der Waals surface area contributed by atoms with Crippen LogP contribution in [0.4, 0.5) is 5.82 Å². The lowest BCUT2D eigenvalue weighted by atomic mass is 10.2. The van der Waals surface area contributed by atoms with Crippen LogP contribution in [0, 0.1) is 0 Å². The van der Waals surface area contributed by atoms with Crippen molar-refractivity contribution >= 4 is 47.4 Å². The molecule has 158 valence electrons. The van der Waals surface area contributed by atoms with Crippen LogP contribution in [0.25, 0.3) is 0 Å². The van der Waals surface area contributed by atoms with Crippen molar-refractivity contribution in [3.63, 3.8) is 0 Å². The normalized spacial score (nSPS) is 16.9. The van der Waals surface area contributed by atoms with E-state index >= 15 is 0 Å². The lowest BCUT2D eigenvalue weighted by molar-refractivity contribution is 0.0529. The standard InChI is InChI=1S/C21H28ClN5O.HI/c1-3-23-21(26-14-18-6-4-5-7-19(18)22)25-13-17-8-9-24-20(12-17)27-10-11-28-16(2)15-27;/h4-9,12,16H,3,10-11,13-15H2,1-2H3,(H2,23,25,26);1H. The number of nitrogens with zero attached hydrogens (tertiary/aromatic N) is 3. The SMILES string of the molecule is CCNC(=NCc1ccnc(N2CCOC(C)C2)c1)NCc1ccccc1Cl.I. The number of ether oxygens (including phenoxy) is 1. The van der Waals surface area contributed by atoms with Crippen molar-refractivity contribution in [1.82, 2.24) is 15.6 Å². The molecule has 1 atom stereocenters. The summed E-state index contributed by atoms with van der Waals surface area (Å²) in [4.78, 5) is 11.5. The third-order valence-electron chi connectivity index (χ3n) is 4.54. The van der Waals surface area contributed by atoms with Gasteiger partial charge < -0.3 is 20.3 Å². The second-order valence-electron chi connectivity index (χ2n) is 6.79. The minimum atomic E-state index is 0. The molecule has 0 saturated carbocycles. The van der Waals surface area contributed by atoms with Gasteiger partial charge in [-0.15, -0.1) is 24.0 Å². The summed E-state index contributed by atoms with van der Waals surface area (Å²) in [5.74, 6) is 1.75. The summed E-state index contributed by atoms with van der Waals surface area (Å²) < 4.78 is 5.62. The molecule has 1 aliphatic rings. The Morgan fingerprint density at radius 3 is 2.90 bits per heavy atom. The molecule has 1 saturated heterocycles. The number of halogens is 2. The minimum Gasteiger partial charge on any atom is -0.375 e. The number of hydrogen-bond donors (Lipinski definition) is 2. The third kappa shape index (κ3) is 7.31. The van der Waals surface area contributed by atoms with Crippen LogP contribution in [0.1, 0.15) is 25.0 Å². The first kappa shape index (κ1) is 23.7. The summed E-state index contributed by atoms with van der Waals surface area (Å²) >= 11 is 6.24. The topological polar surface area (TPSA) is 61.8 Å². The maximum Gasteiger partial charge on any atom is 0.191 e. The van der Waals surface area contributed by atoms with E-state index in [2.05, 4.69) is 40.4 Å². The number of morpholine rings is 1. The van der Waals surface area contributed by atoms with E-state index in [4.69, 9.17) is 21.3 Å². The van der Waals surface area contributed by atoms with E-state index in [1.54, 1.807) is 0 Å². The molecular weight excluding hydrogens is 501 g/mol. The molecule has 6 nitrogen and oxygen atoms in total. The van der Waals surface area contributed by atoms with Gasteiger partial charge >= 0.3 is 0 Å². The van der Waals surface area contributed by atoms with E-state index < -0.39 is 0 Å². The molecule has 2 heterocycles. The molecule has 0 aliphatic carbocycles. The predicted molar refractivity (Wildman–Crippen MR) is 130 cm³/mol. The van der Waals surface area contributed by atoms with Gasteiger partial charge in [-0.25, -0.2) is 9.98 Å². The maximum atomic E-state index is 6.24. The Morgan fingerprint density at radius 1 is 1.31 bits per heavy atom. The van der Waals surface area contributed by atoms with E-state index in [1.165, 1.54) is 0 Å². The Labute approximate surface area is 195 Å². The molecule has 2 N–H and O–H groups in total. The zero-order chi connectivity index (χ0) is 19.8. The minimum absolute atomic E-state index is 0. The second kappa shape index (κ2) is 12.2. The number of aromatic nitrogens is 1. The summed E-state index contributed by atoms with van der Waals surface area (Å²) in [5, 5.41) is 7.38. The van der Waals surface area contributed by atoms with Crippen LogP contribution in [-0.2, 0) is 17.8 Å². The van der Waals surface area contributed by atoms with E-state index in [1.807, 2.05) is 36.5 Å². The molecule has 0 radical (unpaired) electrons. The van der Waals surface area contributed by atoms with E-state index in [9.17, 15) is 0 Å². The monoisotopic (exact) mass is 529 g/mol. The van der Waals surface area contributed by atoms with Crippen molar-refractivity contribution in [3.8, 4) is 0 Å². The number of hydrogen-bond acceptors (Lipinski definition) is 4. The van der Waals surface area contributed by atoms with Crippen LogP contribution in [0.3, 0.4) is 0 Å². The van der Waals surface area contributed by atoms with Gasteiger partial charge in [0.05, 0.1) is 19.3 Å². The van der Waals surface area contributed by atoms with Gasteiger partial charge in [0.25, 0.3) is 0 Å². The Bertz CT molecular complexity index is 804. The molecule has 1 fully saturated rings. The van der Waals surface area contributed by atoms with Crippen molar-refractivity contribution in [2.75, 3.05) is 31.1 Å². The molecule has 1 aromatic heterocycles. The van der Waals surface area contributed by atoms with Crippen molar-refractivity contribution in [2.45, 2.75) is 33.0 Å². The first-order valence-electron chi connectivity index (χ1n) is 9.72. The zero-order valence-corrected chi connectivity index (χ0v) is 20.0. The number of pyridine rings is 1. The Balaban J connectivity index is 0.00000300. The smallest absolute Gasteiger partial charge is 0.191 e. The average molecular weight is 530 g/mol. The fourth-order valence-corrected chi connectivity index (χ4v) is 3.29. The Hall–Kier alpha value is -1.58. The van der Waals surface area contributed by atoms with Crippen molar-refractivity contribution in [3.05, 3.63) is 58.7 Å². The molecule has 3 rings (SSSR count). The largest absolute Gasteiger partial charge is 0.375 e. The van der Waals surface area contributed by atoms with Crippen LogP contribution in [0.15, 0.2) is 47.6 Å². The van der Waals surface area contributed by atoms with Gasteiger partial charge in [-0.3, -0.25) is 0 Å². The number of guanidine groups is 1. The Kier molecular flexibility index (Phi) is 9.96. The third-order valence-corrected chi connectivity index (χ3v) is 4.91. The first-order valence-corrected chi connectivity index (χ1v) is 10.1. The van der Waals surface area contributed by atoms with E-state index in [-0.39, 0.29) is 30.1 Å². The van der Waals surface area contributed by atoms with Crippen molar-refractivity contribution in [1.29, 1.82) is 0 Å². The lowest BCUT2D eigenvalue weighted by Crippen LogP contribution is -2.41. The summed E-state index contributed by atoms with van der Waals surface area (Å²) in [7, 11) is 0. The number of anilines is 1. The number of aliphatic imine (C=N–C) groups is 1. The highest BCUT2D eigenvalue weighted by Gasteiger charge is 2.18. The quantitative estimate of drug-likeness (QED) is 0.338. The van der Waals surface area contributed by atoms with Crippen LogP contribution in [0.5, 0.6) is 0 Å². The lowest BCUT2D eigenvalue weighted by Gasteiger charge is -2.32. The van der Waals surface area contributed by atoms with Crippen molar-refractivity contribution in [2.24, 2.45) is 4.99 Å². The Morgan fingerprint density at radius 2 is 2.14 bits per heavy atom. The van der Waals surface area contributed by atoms with Crippen LogP contribution in [0.2, 0.25) is 5.02 Å². The van der Waals surface area contributed by atoms with Gasteiger partial charge in [0.2, 0.25) is 0 Å². The molecule has 1 unspecified atom stereocenters. The van der Waals surface area contributed by atoms with Gasteiger partial charge in [0, 0.05) is 37.4 Å². The fourth-order valence-electron chi connectivity index (χ4n) is 3.09. The molecule has 0 spiro atoms. The molecule has 1 aliphatic heterocycles. The highest BCUT2D eigenvalue weighted by Crippen LogP contribution is 2.17. The highest BCUT2D eigenvalue weighted by molar-refractivity contribution is 14.0. The predicted octanol–water partition coefficient (Wildman–Crippen LogP) is 3.83. The average Bonchev–Trinajstić information content (AvgIpc) is 2.71. The van der Waals surface area contributed by atoms with Gasteiger partial charge in [-0.1, -0.05) is 29.8 Å². The maximum absolute atomic E-state index is 6.24. The molecule has 0 amide bonds. The van der Waals surface area contributed by atoms with Gasteiger partial charge in [0.1, 0.15) is 5.82 Å². The molecule has 8 heteroatoms. The van der Waals surface area contributed by atoms with Gasteiger partial charge in [-0.2, -0.15) is 0 Å². The second-order valence-corrected chi connectivity index (χ2v) is 7.20. The van der Waals surface area contributed by atoms with E-state index in [0.29, 0.717) is 13.1 Å². The molecule has 2 aromatic rings. The summed E-state index contributed by atoms with van der Waals surface area (Å²) in [5.41, 5.74) is 2.17. The zero-order valence-electron chi connectivity index (χ0n) is 16.9. The highest BCUT2D eigenvalue weighted by atomic mass is 127. The molecule has 0 bridgehead atoms. The molecular formula is C21H29ClIN5O. The summed E-state index contributed by atoms with van der Waals surface area (Å²) in [6, 6.07) is 11.9. The number of benzene rings is 1. The van der Waals surface area contributed by atoms with Crippen LogP contribution in [-0.4, -0.2) is 43.3 Å². The molecule has 29 heavy (non-hydrogen) atoms. The summed E-state index contributed by atoms with van der Waals surface area (Å²) in [6.45, 7) is 8.60.